The van der Waals surface area contributed by atoms with Gasteiger partial charge >= 0.3 is 0 Å². The molecule has 0 aliphatic carbocycles. The summed E-state index contributed by atoms with van der Waals surface area (Å²) in [7, 11) is 0. The lowest BCUT2D eigenvalue weighted by atomic mass is 10.1. The van der Waals surface area contributed by atoms with Crippen molar-refractivity contribution >= 4 is 11.8 Å². The maximum absolute atomic E-state index is 12.9. The molecular formula is C19H16FN3O3. The van der Waals surface area contributed by atoms with E-state index in [9.17, 15) is 14.0 Å². The normalized spacial score (nSPS) is 10.4. The van der Waals surface area contributed by atoms with Crippen molar-refractivity contribution in [2.45, 2.75) is 13.3 Å². The van der Waals surface area contributed by atoms with E-state index in [0.717, 1.165) is 5.56 Å². The Balaban J connectivity index is 1.66. The van der Waals surface area contributed by atoms with Crippen molar-refractivity contribution in [3.63, 3.8) is 0 Å². The van der Waals surface area contributed by atoms with E-state index in [1.165, 1.54) is 24.3 Å². The Bertz CT molecular complexity index is 921. The molecule has 2 aromatic carbocycles. The van der Waals surface area contributed by atoms with Crippen LogP contribution in [0.3, 0.4) is 0 Å². The smallest absolute Gasteiger partial charge is 0.275 e. The largest absolute Gasteiger partial charge is 0.360 e. The van der Waals surface area contributed by atoms with Gasteiger partial charge < -0.3 is 4.52 Å². The minimum Gasteiger partial charge on any atom is -0.360 e. The molecule has 2 amide bonds. The molecule has 0 aliphatic rings. The van der Waals surface area contributed by atoms with Crippen LogP contribution in [0.15, 0.2) is 59.1 Å². The number of hydrogen-bond acceptors (Lipinski definition) is 4. The van der Waals surface area contributed by atoms with Gasteiger partial charge in [-0.1, -0.05) is 47.6 Å². The summed E-state index contributed by atoms with van der Waals surface area (Å²) in [6.45, 7) is 1.62. The zero-order valence-corrected chi connectivity index (χ0v) is 14.0. The summed E-state index contributed by atoms with van der Waals surface area (Å²) in [5, 5.41) is 3.93. The summed E-state index contributed by atoms with van der Waals surface area (Å²) in [6.07, 6.45) is 0.00865. The van der Waals surface area contributed by atoms with Crippen LogP contribution in [-0.4, -0.2) is 17.0 Å². The third-order valence-electron chi connectivity index (χ3n) is 3.73. The molecule has 0 aliphatic heterocycles. The summed E-state index contributed by atoms with van der Waals surface area (Å²) in [5.74, 6) is -0.997. The van der Waals surface area contributed by atoms with Crippen molar-refractivity contribution in [2.24, 2.45) is 0 Å². The molecule has 7 heteroatoms. The highest BCUT2D eigenvalue weighted by Gasteiger charge is 2.21. The number of amides is 2. The molecule has 0 bridgehead atoms. The summed E-state index contributed by atoms with van der Waals surface area (Å²) >= 11 is 0. The zero-order chi connectivity index (χ0) is 18.5. The molecule has 26 heavy (non-hydrogen) atoms. The van der Waals surface area contributed by atoms with Crippen molar-refractivity contribution in [3.05, 3.63) is 77.3 Å². The standard InChI is InChI=1S/C19H16FN3O3/c1-12-17(18(23-26-12)14-5-3-2-4-6-14)19(25)22-21-16(24)11-13-7-9-15(20)10-8-13/h2-10H,11H2,1H3,(H,21,24)(H,22,25). The third kappa shape index (κ3) is 3.94. The van der Waals surface area contributed by atoms with Crippen LogP contribution in [-0.2, 0) is 11.2 Å². The minimum absolute atomic E-state index is 0.00865. The van der Waals surface area contributed by atoms with E-state index in [2.05, 4.69) is 16.0 Å². The molecule has 0 atom stereocenters. The van der Waals surface area contributed by atoms with Crippen LogP contribution >= 0.6 is 0 Å². The summed E-state index contributed by atoms with van der Waals surface area (Å²) < 4.78 is 18.0. The second-order valence-corrected chi connectivity index (χ2v) is 5.63. The van der Waals surface area contributed by atoms with Crippen LogP contribution in [0.4, 0.5) is 4.39 Å². The first kappa shape index (κ1) is 17.3. The average Bonchev–Trinajstić information content (AvgIpc) is 3.04. The van der Waals surface area contributed by atoms with E-state index in [0.29, 0.717) is 17.0 Å². The van der Waals surface area contributed by atoms with Gasteiger partial charge in [-0.05, 0) is 24.6 Å². The Morgan fingerprint density at radius 3 is 2.42 bits per heavy atom. The second-order valence-electron chi connectivity index (χ2n) is 5.63. The number of hydrazine groups is 1. The number of carbonyl (C=O) groups is 2. The molecule has 0 spiro atoms. The maximum atomic E-state index is 12.9. The van der Waals surface area contributed by atoms with Crippen molar-refractivity contribution in [1.82, 2.24) is 16.0 Å². The second kappa shape index (κ2) is 7.60. The van der Waals surface area contributed by atoms with E-state index in [1.807, 2.05) is 18.2 Å². The molecule has 0 fully saturated rings. The molecule has 0 saturated heterocycles. The van der Waals surface area contributed by atoms with Gasteiger partial charge in [-0.25, -0.2) is 4.39 Å². The predicted molar refractivity (Wildman–Crippen MR) is 92.4 cm³/mol. The number of hydrogen-bond donors (Lipinski definition) is 2. The molecule has 0 unspecified atom stereocenters. The molecule has 3 aromatic rings. The van der Waals surface area contributed by atoms with Crippen molar-refractivity contribution in [1.29, 1.82) is 0 Å². The molecule has 6 nitrogen and oxygen atoms in total. The Hall–Kier alpha value is -3.48. The molecule has 132 valence electrons. The lowest BCUT2D eigenvalue weighted by Gasteiger charge is -2.08. The zero-order valence-electron chi connectivity index (χ0n) is 14.0. The Morgan fingerprint density at radius 1 is 1.04 bits per heavy atom. The van der Waals surface area contributed by atoms with Crippen LogP contribution in [0, 0.1) is 12.7 Å². The van der Waals surface area contributed by atoms with Gasteiger partial charge in [0.25, 0.3) is 5.91 Å². The number of nitrogens with zero attached hydrogens (tertiary/aromatic N) is 1. The van der Waals surface area contributed by atoms with E-state index >= 15 is 0 Å². The first-order valence-electron chi connectivity index (χ1n) is 7.90. The monoisotopic (exact) mass is 353 g/mol. The van der Waals surface area contributed by atoms with Crippen LogP contribution in [0.5, 0.6) is 0 Å². The minimum atomic E-state index is -0.532. The maximum Gasteiger partial charge on any atom is 0.275 e. The Kier molecular flexibility index (Phi) is 5.07. The van der Waals surface area contributed by atoms with Gasteiger partial charge in [0, 0.05) is 5.56 Å². The van der Waals surface area contributed by atoms with Gasteiger partial charge in [0.05, 0.1) is 6.42 Å². The van der Waals surface area contributed by atoms with Crippen LogP contribution in [0.2, 0.25) is 0 Å². The number of carbonyl (C=O) groups excluding carboxylic acids is 2. The topological polar surface area (TPSA) is 84.2 Å². The van der Waals surface area contributed by atoms with Crippen molar-refractivity contribution in [2.75, 3.05) is 0 Å². The SMILES string of the molecule is Cc1onc(-c2ccccc2)c1C(=O)NNC(=O)Cc1ccc(F)cc1. The average molecular weight is 353 g/mol. The fraction of sp³-hybridized carbons (Fsp3) is 0.105. The van der Waals surface area contributed by atoms with Crippen molar-refractivity contribution in [3.8, 4) is 11.3 Å². The Morgan fingerprint density at radius 2 is 1.73 bits per heavy atom. The van der Waals surface area contributed by atoms with E-state index in [-0.39, 0.29) is 17.8 Å². The summed E-state index contributed by atoms with van der Waals surface area (Å²) in [5.41, 5.74) is 6.70. The highest BCUT2D eigenvalue weighted by atomic mass is 19.1. The lowest BCUT2D eigenvalue weighted by Crippen LogP contribution is -2.42. The lowest BCUT2D eigenvalue weighted by molar-refractivity contribution is -0.121. The molecular weight excluding hydrogens is 337 g/mol. The van der Waals surface area contributed by atoms with E-state index < -0.39 is 11.8 Å². The molecule has 1 heterocycles. The fourth-order valence-electron chi connectivity index (χ4n) is 2.45. The number of benzene rings is 2. The molecule has 0 radical (unpaired) electrons. The highest BCUT2D eigenvalue weighted by Crippen LogP contribution is 2.24. The number of nitrogens with one attached hydrogen (secondary N) is 2. The molecule has 1 aromatic heterocycles. The number of rotatable bonds is 4. The number of aromatic nitrogens is 1. The van der Waals surface area contributed by atoms with Gasteiger partial charge in [0.2, 0.25) is 5.91 Å². The Labute approximate surface area is 149 Å². The molecule has 2 N–H and O–H groups in total. The quantitative estimate of drug-likeness (QED) is 0.707. The number of halogens is 1. The van der Waals surface area contributed by atoms with Gasteiger partial charge in [-0.15, -0.1) is 0 Å². The van der Waals surface area contributed by atoms with Gasteiger partial charge in [0.1, 0.15) is 22.8 Å². The summed E-state index contributed by atoms with van der Waals surface area (Å²) in [4.78, 5) is 24.4. The number of aryl methyl sites for hydroxylation is 1. The van der Waals surface area contributed by atoms with Crippen LogP contribution in [0.1, 0.15) is 21.7 Å². The first-order chi connectivity index (χ1) is 12.5. The van der Waals surface area contributed by atoms with E-state index in [1.54, 1.807) is 19.1 Å². The van der Waals surface area contributed by atoms with Gasteiger partial charge in [0.15, 0.2) is 0 Å². The first-order valence-corrected chi connectivity index (χ1v) is 7.90. The predicted octanol–water partition coefficient (Wildman–Crippen LogP) is 2.79. The fourth-order valence-corrected chi connectivity index (χ4v) is 2.45. The summed E-state index contributed by atoms with van der Waals surface area (Å²) in [6, 6.07) is 14.7. The molecule has 3 rings (SSSR count). The van der Waals surface area contributed by atoms with E-state index in [4.69, 9.17) is 4.52 Å². The molecule has 0 saturated carbocycles. The third-order valence-corrected chi connectivity index (χ3v) is 3.73. The van der Waals surface area contributed by atoms with Crippen LogP contribution in [0.25, 0.3) is 11.3 Å². The van der Waals surface area contributed by atoms with Gasteiger partial charge in [-0.2, -0.15) is 0 Å². The van der Waals surface area contributed by atoms with Crippen LogP contribution < -0.4 is 10.9 Å². The van der Waals surface area contributed by atoms with Crippen molar-refractivity contribution < 1.29 is 18.5 Å². The van der Waals surface area contributed by atoms with Gasteiger partial charge in [-0.3, -0.25) is 20.4 Å². The highest BCUT2D eigenvalue weighted by molar-refractivity contribution is 6.01.